The Morgan fingerprint density at radius 2 is 2.29 bits per heavy atom. The second kappa shape index (κ2) is 3.65. The third-order valence-corrected chi connectivity index (χ3v) is 4.21. The Kier molecular flexibility index (Phi) is 2.64. The van der Waals surface area contributed by atoms with Gasteiger partial charge in [0.25, 0.3) is 0 Å². The summed E-state index contributed by atoms with van der Waals surface area (Å²) in [6.45, 7) is 0.460. The fourth-order valence-corrected chi connectivity index (χ4v) is 2.93. The van der Waals surface area contributed by atoms with Gasteiger partial charge in [0.15, 0.2) is 5.78 Å². The predicted octanol–water partition coefficient (Wildman–Crippen LogP) is 2.71. The van der Waals surface area contributed by atoms with E-state index in [4.69, 9.17) is 17.3 Å². The molecular formula is C10H12ClNOS. The van der Waals surface area contributed by atoms with Crippen LogP contribution < -0.4 is 5.73 Å². The zero-order chi connectivity index (χ0) is 10.2. The van der Waals surface area contributed by atoms with E-state index < -0.39 is 0 Å². The van der Waals surface area contributed by atoms with Crippen LogP contribution in [0.4, 0.5) is 0 Å². The highest BCUT2D eigenvalue weighted by Crippen LogP contribution is 2.43. The second-order valence-electron chi connectivity index (χ2n) is 3.77. The molecule has 0 atom stereocenters. The van der Waals surface area contributed by atoms with Crippen molar-refractivity contribution in [3.8, 4) is 0 Å². The normalized spacial score (nSPS) is 19.0. The maximum atomic E-state index is 12.1. The zero-order valence-electron chi connectivity index (χ0n) is 7.75. The highest BCUT2D eigenvalue weighted by Gasteiger charge is 2.43. The topological polar surface area (TPSA) is 43.1 Å². The first-order valence-corrected chi connectivity index (χ1v) is 5.88. The van der Waals surface area contributed by atoms with E-state index in [1.54, 1.807) is 12.1 Å². The third kappa shape index (κ3) is 1.49. The minimum Gasteiger partial charge on any atom is -0.329 e. The van der Waals surface area contributed by atoms with Crippen LogP contribution in [0, 0.1) is 5.41 Å². The monoisotopic (exact) mass is 229 g/mol. The van der Waals surface area contributed by atoms with Gasteiger partial charge in [0.2, 0.25) is 0 Å². The number of carbonyl (C=O) groups is 1. The van der Waals surface area contributed by atoms with Gasteiger partial charge in [0, 0.05) is 12.0 Å². The molecule has 2 nitrogen and oxygen atoms in total. The van der Waals surface area contributed by atoms with E-state index in [0.717, 1.165) is 24.1 Å². The minimum absolute atomic E-state index is 0.183. The van der Waals surface area contributed by atoms with Gasteiger partial charge in [-0.1, -0.05) is 18.0 Å². The van der Waals surface area contributed by atoms with Crippen molar-refractivity contribution in [2.75, 3.05) is 6.54 Å². The van der Waals surface area contributed by atoms with Crippen LogP contribution in [0.1, 0.15) is 28.9 Å². The molecule has 0 aliphatic heterocycles. The molecule has 1 aliphatic carbocycles. The summed E-state index contributed by atoms with van der Waals surface area (Å²) in [6, 6.07) is 3.56. The first-order valence-electron chi connectivity index (χ1n) is 4.68. The number of nitrogens with two attached hydrogens (primary N) is 1. The summed E-state index contributed by atoms with van der Waals surface area (Å²) in [6.07, 6.45) is 2.97. The summed E-state index contributed by atoms with van der Waals surface area (Å²) < 4.78 is 0.667. The van der Waals surface area contributed by atoms with Crippen molar-refractivity contribution < 1.29 is 4.79 Å². The molecule has 2 rings (SSSR count). The SMILES string of the molecule is NCC1(C(=O)c2ccc(Cl)s2)CCC1. The average molecular weight is 230 g/mol. The van der Waals surface area contributed by atoms with Crippen LogP contribution in [0.3, 0.4) is 0 Å². The summed E-state index contributed by atoms with van der Waals surface area (Å²) >= 11 is 7.14. The van der Waals surface area contributed by atoms with Gasteiger partial charge in [-0.2, -0.15) is 0 Å². The Morgan fingerprint density at radius 3 is 2.64 bits per heavy atom. The number of hydrogen-bond acceptors (Lipinski definition) is 3. The molecule has 1 heterocycles. The maximum absolute atomic E-state index is 12.1. The van der Waals surface area contributed by atoms with E-state index >= 15 is 0 Å². The summed E-state index contributed by atoms with van der Waals surface area (Å²) in [4.78, 5) is 12.8. The van der Waals surface area contributed by atoms with Crippen LogP contribution >= 0.6 is 22.9 Å². The molecule has 1 saturated carbocycles. The predicted molar refractivity (Wildman–Crippen MR) is 59.0 cm³/mol. The van der Waals surface area contributed by atoms with Crippen molar-refractivity contribution in [3.63, 3.8) is 0 Å². The molecule has 4 heteroatoms. The summed E-state index contributed by atoms with van der Waals surface area (Å²) in [5.41, 5.74) is 5.40. The molecule has 0 aromatic carbocycles. The molecule has 1 aromatic rings. The standard InChI is InChI=1S/C10H12ClNOS/c11-8-3-2-7(14-8)9(13)10(6-12)4-1-5-10/h2-3H,1,4-6,12H2. The Balaban J connectivity index is 2.23. The summed E-state index contributed by atoms with van der Waals surface area (Å²) in [5, 5.41) is 0. The van der Waals surface area contributed by atoms with Crippen LogP contribution in [0.15, 0.2) is 12.1 Å². The number of hydrogen-bond donors (Lipinski definition) is 1. The fourth-order valence-electron chi connectivity index (χ4n) is 1.83. The molecule has 1 fully saturated rings. The fraction of sp³-hybridized carbons (Fsp3) is 0.500. The van der Waals surface area contributed by atoms with E-state index in [0.29, 0.717) is 10.9 Å². The molecular weight excluding hydrogens is 218 g/mol. The maximum Gasteiger partial charge on any atom is 0.180 e. The van der Waals surface area contributed by atoms with E-state index in [1.165, 1.54) is 11.3 Å². The van der Waals surface area contributed by atoms with Crippen molar-refractivity contribution in [1.82, 2.24) is 0 Å². The number of carbonyl (C=O) groups excluding carboxylic acids is 1. The average Bonchev–Trinajstić information content (AvgIpc) is 2.50. The van der Waals surface area contributed by atoms with Crippen LogP contribution in [0.25, 0.3) is 0 Å². The third-order valence-electron chi connectivity index (χ3n) is 2.98. The molecule has 1 aliphatic rings. The number of halogens is 1. The van der Waals surface area contributed by atoms with Crippen LogP contribution in [0.5, 0.6) is 0 Å². The first-order chi connectivity index (χ1) is 6.68. The van der Waals surface area contributed by atoms with Crippen molar-refractivity contribution >= 4 is 28.7 Å². The van der Waals surface area contributed by atoms with Crippen LogP contribution in [-0.2, 0) is 0 Å². The smallest absolute Gasteiger partial charge is 0.180 e. The number of rotatable bonds is 3. The largest absolute Gasteiger partial charge is 0.329 e. The van der Waals surface area contributed by atoms with Gasteiger partial charge >= 0.3 is 0 Å². The molecule has 0 spiro atoms. The van der Waals surface area contributed by atoms with E-state index in [9.17, 15) is 4.79 Å². The second-order valence-corrected chi connectivity index (χ2v) is 5.49. The van der Waals surface area contributed by atoms with Gasteiger partial charge < -0.3 is 5.73 Å². The highest BCUT2D eigenvalue weighted by atomic mass is 35.5. The molecule has 0 bridgehead atoms. The van der Waals surface area contributed by atoms with Crippen molar-refractivity contribution in [1.29, 1.82) is 0 Å². The van der Waals surface area contributed by atoms with Gasteiger partial charge in [0.1, 0.15) is 0 Å². The number of ketones is 1. The Bertz CT molecular complexity index is 351. The zero-order valence-corrected chi connectivity index (χ0v) is 9.33. The van der Waals surface area contributed by atoms with E-state index in [1.807, 2.05) is 0 Å². The lowest BCUT2D eigenvalue weighted by atomic mass is 9.66. The Labute approximate surface area is 92.1 Å². The van der Waals surface area contributed by atoms with Crippen molar-refractivity contribution in [2.45, 2.75) is 19.3 Å². The lowest BCUT2D eigenvalue weighted by Gasteiger charge is -2.38. The lowest BCUT2D eigenvalue weighted by molar-refractivity contribution is 0.0641. The van der Waals surface area contributed by atoms with E-state index in [2.05, 4.69) is 0 Å². The molecule has 76 valence electrons. The Hall–Kier alpha value is -0.380. The van der Waals surface area contributed by atoms with Crippen molar-refractivity contribution in [3.05, 3.63) is 21.3 Å². The Morgan fingerprint density at radius 1 is 1.57 bits per heavy atom. The molecule has 0 unspecified atom stereocenters. The van der Waals surface area contributed by atoms with E-state index in [-0.39, 0.29) is 11.2 Å². The molecule has 1 aromatic heterocycles. The molecule has 0 amide bonds. The number of Topliss-reactive ketones (excluding diaryl/α,β-unsaturated/α-hetero) is 1. The molecule has 14 heavy (non-hydrogen) atoms. The van der Waals surface area contributed by atoms with Gasteiger partial charge in [-0.15, -0.1) is 11.3 Å². The van der Waals surface area contributed by atoms with Crippen molar-refractivity contribution in [2.24, 2.45) is 11.1 Å². The van der Waals surface area contributed by atoms with Crippen LogP contribution in [0.2, 0.25) is 4.34 Å². The van der Waals surface area contributed by atoms with Gasteiger partial charge in [-0.05, 0) is 25.0 Å². The van der Waals surface area contributed by atoms with Gasteiger partial charge in [-0.3, -0.25) is 4.79 Å². The summed E-state index contributed by atoms with van der Waals surface area (Å²) in [7, 11) is 0. The molecule has 0 radical (unpaired) electrons. The van der Waals surface area contributed by atoms with Gasteiger partial charge in [0.05, 0.1) is 9.21 Å². The highest BCUT2D eigenvalue weighted by molar-refractivity contribution is 7.18. The number of thiophene rings is 1. The quantitative estimate of drug-likeness (QED) is 0.810. The lowest BCUT2D eigenvalue weighted by Crippen LogP contribution is -2.44. The summed E-state index contributed by atoms with van der Waals surface area (Å²) in [5.74, 6) is 0.183. The first kappa shape index (κ1) is 10.1. The molecule has 2 N–H and O–H groups in total. The molecule has 0 saturated heterocycles. The minimum atomic E-state index is -0.270. The van der Waals surface area contributed by atoms with Crippen LogP contribution in [-0.4, -0.2) is 12.3 Å². The van der Waals surface area contributed by atoms with Gasteiger partial charge in [-0.25, -0.2) is 0 Å².